The largest absolute Gasteiger partial charge is 0.373 e. The summed E-state index contributed by atoms with van der Waals surface area (Å²) in [5.41, 5.74) is -0.116. The van der Waals surface area contributed by atoms with Crippen molar-refractivity contribution in [1.29, 1.82) is 0 Å². The van der Waals surface area contributed by atoms with Crippen molar-refractivity contribution in [3.63, 3.8) is 0 Å². The lowest BCUT2D eigenvalue weighted by Gasteiger charge is -2.38. The van der Waals surface area contributed by atoms with Crippen LogP contribution in [0.4, 0.5) is 11.6 Å². The Hall–Kier alpha value is -1.36. The van der Waals surface area contributed by atoms with Crippen LogP contribution >= 0.6 is 0 Å². The minimum atomic E-state index is -0.116. The molecular weight excluding hydrogens is 228 g/mol. The number of nitrogens with one attached hydrogen (secondary N) is 1. The predicted octanol–water partition coefficient (Wildman–Crippen LogP) is 1.70. The lowest BCUT2D eigenvalue weighted by atomic mass is 10.1. The summed E-state index contributed by atoms with van der Waals surface area (Å²) in [5, 5.41) is 3.09. The molecule has 0 aromatic carbocycles. The Morgan fingerprint density at radius 1 is 1.44 bits per heavy atom. The molecule has 2 rings (SSSR count). The van der Waals surface area contributed by atoms with Crippen molar-refractivity contribution in [2.45, 2.75) is 32.8 Å². The molecule has 0 aliphatic carbocycles. The number of aryl methyl sites for hydroxylation is 1. The summed E-state index contributed by atoms with van der Waals surface area (Å²) in [5.74, 6) is 2.74. The highest BCUT2D eigenvalue weighted by Crippen LogP contribution is 2.23. The van der Waals surface area contributed by atoms with Crippen LogP contribution in [0.25, 0.3) is 0 Å². The molecule has 2 heterocycles. The smallest absolute Gasteiger partial charge is 0.134 e. The summed E-state index contributed by atoms with van der Waals surface area (Å²) in [6, 6.07) is 2.00. The van der Waals surface area contributed by atoms with Crippen LogP contribution in [0.3, 0.4) is 0 Å². The fourth-order valence-electron chi connectivity index (χ4n) is 2.14. The van der Waals surface area contributed by atoms with Gasteiger partial charge in [0.1, 0.15) is 17.5 Å². The number of nitrogens with zero attached hydrogens (tertiary/aromatic N) is 3. The molecule has 5 heteroatoms. The highest BCUT2D eigenvalue weighted by Gasteiger charge is 2.28. The van der Waals surface area contributed by atoms with Crippen LogP contribution in [0.15, 0.2) is 6.07 Å². The normalized spacial score (nSPS) is 18.8. The quantitative estimate of drug-likeness (QED) is 0.884. The van der Waals surface area contributed by atoms with Crippen molar-refractivity contribution < 1.29 is 4.74 Å². The Bertz CT molecular complexity index is 397. The highest BCUT2D eigenvalue weighted by atomic mass is 16.5. The van der Waals surface area contributed by atoms with Gasteiger partial charge in [-0.25, -0.2) is 9.97 Å². The van der Waals surface area contributed by atoms with Crippen molar-refractivity contribution in [3.8, 4) is 0 Å². The fraction of sp³-hybridized carbons (Fsp3) is 0.692. The summed E-state index contributed by atoms with van der Waals surface area (Å²) in [7, 11) is 1.88. The monoisotopic (exact) mass is 250 g/mol. The second kappa shape index (κ2) is 5.10. The van der Waals surface area contributed by atoms with Crippen LogP contribution in [0, 0.1) is 0 Å². The van der Waals surface area contributed by atoms with E-state index < -0.39 is 0 Å². The summed E-state index contributed by atoms with van der Waals surface area (Å²) < 4.78 is 5.73. The Labute approximate surface area is 109 Å². The molecule has 18 heavy (non-hydrogen) atoms. The van der Waals surface area contributed by atoms with E-state index >= 15 is 0 Å². The predicted molar refractivity (Wildman–Crippen MR) is 73.2 cm³/mol. The van der Waals surface area contributed by atoms with E-state index in [1.54, 1.807) is 0 Å². The molecule has 0 spiro atoms. The fourth-order valence-corrected chi connectivity index (χ4v) is 2.14. The second-order valence-corrected chi connectivity index (χ2v) is 5.16. The maximum Gasteiger partial charge on any atom is 0.134 e. The molecule has 0 amide bonds. The standard InChI is InChI=1S/C13H22N4O/c1-5-10-15-11(14-4)8-12(16-10)17-6-7-18-13(2,3)9-17/h8H,5-7,9H2,1-4H3,(H,14,15,16). The molecule has 0 saturated carbocycles. The van der Waals surface area contributed by atoms with Gasteiger partial charge in [0.2, 0.25) is 0 Å². The van der Waals surface area contributed by atoms with Crippen LogP contribution in [0.2, 0.25) is 0 Å². The van der Waals surface area contributed by atoms with Crippen LogP contribution < -0.4 is 10.2 Å². The van der Waals surface area contributed by atoms with E-state index in [1.807, 2.05) is 13.1 Å². The van der Waals surface area contributed by atoms with E-state index in [2.05, 4.69) is 41.0 Å². The van der Waals surface area contributed by atoms with Gasteiger partial charge in [-0.05, 0) is 13.8 Å². The van der Waals surface area contributed by atoms with Crippen LogP contribution in [0.1, 0.15) is 26.6 Å². The number of hydrogen-bond donors (Lipinski definition) is 1. The van der Waals surface area contributed by atoms with Crippen LogP contribution in [-0.2, 0) is 11.2 Å². The van der Waals surface area contributed by atoms with Crippen molar-refractivity contribution in [1.82, 2.24) is 9.97 Å². The molecule has 1 aromatic heterocycles. The van der Waals surface area contributed by atoms with E-state index in [9.17, 15) is 0 Å². The summed E-state index contributed by atoms with van der Waals surface area (Å²) >= 11 is 0. The van der Waals surface area contributed by atoms with Gasteiger partial charge < -0.3 is 15.0 Å². The number of hydrogen-bond acceptors (Lipinski definition) is 5. The van der Waals surface area contributed by atoms with E-state index in [0.29, 0.717) is 0 Å². The molecule has 1 fully saturated rings. The lowest BCUT2D eigenvalue weighted by molar-refractivity contribution is -0.0279. The molecule has 1 aromatic rings. The third-order valence-corrected chi connectivity index (χ3v) is 3.08. The molecule has 0 atom stereocenters. The summed E-state index contributed by atoms with van der Waals surface area (Å²) in [6.45, 7) is 8.78. The topological polar surface area (TPSA) is 50.3 Å². The molecule has 0 radical (unpaired) electrons. The number of aromatic nitrogens is 2. The SMILES string of the molecule is CCc1nc(NC)cc(N2CCOC(C)(C)C2)n1. The Morgan fingerprint density at radius 3 is 2.83 bits per heavy atom. The van der Waals surface area contributed by atoms with Crippen molar-refractivity contribution in [3.05, 3.63) is 11.9 Å². The maximum absolute atomic E-state index is 5.73. The van der Waals surface area contributed by atoms with E-state index in [0.717, 1.165) is 43.6 Å². The Balaban J connectivity index is 2.26. The number of anilines is 2. The van der Waals surface area contributed by atoms with Gasteiger partial charge in [0.25, 0.3) is 0 Å². The van der Waals surface area contributed by atoms with Gasteiger partial charge in [-0.2, -0.15) is 0 Å². The van der Waals surface area contributed by atoms with E-state index in [-0.39, 0.29) is 5.60 Å². The van der Waals surface area contributed by atoms with Gasteiger partial charge in [-0.3, -0.25) is 0 Å². The van der Waals surface area contributed by atoms with Gasteiger partial charge in [0.05, 0.1) is 12.2 Å². The average Bonchev–Trinajstić information content (AvgIpc) is 2.37. The van der Waals surface area contributed by atoms with Gasteiger partial charge in [-0.15, -0.1) is 0 Å². The van der Waals surface area contributed by atoms with Gasteiger partial charge in [0.15, 0.2) is 0 Å². The molecule has 0 bridgehead atoms. The second-order valence-electron chi connectivity index (χ2n) is 5.16. The number of morpholine rings is 1. The first-order valence-corrected chi connectivity index (χ1v) is 6.48. The molecule has 1 saturated heterocycles. The zero-order valence-electron chi connectivity index (χ0n) is 11.7. The summed E-state index contributed by atoms with van der Waals surface area (Å²) in [6.07, 6.45) is 0.844. The molecule has 5 nitrogen and oxygen atoms in total. The molecule has 100 valence electrons. The first-order valence-electron chi connectivity index (χ1n) is 6.48. The zero-order chi connectivity index (χ0) is 13.2. The minimum absolute atomic E-state index is 0.116. The van der Waals surface area contributed by atoms with Crippen molar-refractivity contribution >= 4 is 11.6 Å². The number of rotatable bonds is 3. The maximum atomic E-state index is 5.73. The van der Waals surface area contributed by atoms with E-state index in [4.69, 9.17) is 4.74 Å². The molecule has 1 aliphatic rings. The number of ether oxygens (including phenoxy) is 1. The zero-order valence-corrected chi connectivity index (χ0v) is 11.7. The Morgan fingerprint density at radius 2 is 2.22 bits per heavy atom. The minimum Gasteiger partial charge on any atom is -0.373 e. The van der Waals surface area contributed by atoms with Crippen LogP contribution in [0.5, 0.6) is 0 Å². The molecule has 0 unspecified atom stereocenters. The first kappa shape index (κ1) is 13.1. The highest BCUT2D eigenvalue weighted by molar-refractivity contribution is 5.49. The first-order chi connectivity index (χ1) is 8.54. The Kier molecular flexibility index (Phi) is 3.71. The van der Waals surface area contributed by atoms with Gasteiger partial charge in [-0.1, -0.05) is 6.92 Å². The van der Waals surface area contributed by atoms with E-state index in [1.165, 1.54) is 0 Å². The average molecular weight is 250 g/mol. The third kappa shape index (κ3) is 2.90. The van der Waals surface area contributed by atoms with Crippen molar-refractivity contribution in [2.75, 3.05) is 37.0 Å². The third-order valence-electron chi connectivity index (χ3n) is 3.08. The molecule has 1 aliphatic heterocycles. The van der Waals surface area contributed by atoms with Crippen molar-refractivity contribution in [2.24, 2.45) is 0 Å². The molecular formula is C13H22N4O. The lowest BCUT2D eigenvalue weighted by Crippen LogP contribution is -2.48. The van der Waals surface area contributed by atoms with Gasteiger partial charge >= 0.3 is 0 Å². The molecule has 1 N–H and O–H groups in total. The summed E-state index contributed by atoms with van der Waals surface area (Å²) in [4.78, 5) is 11.3. The van der Waals surface area contributed by atoms with Gasteiger partial charge in [0, 0.05) is 32.6 Å². The van der Waals surface area contributed by atoms with Crippen LogP contribution in [-0.4, -0.2) is 42.3 Å².